The van der Waals surface area contributed by atoms with Crippen LogP contribution in [0.3, 0.4) is 0 Å². The summed E-state index contributed by atoms with van der Waals surface area (Å²) in [6.07, 6.45) is 10.1. The summed E-state index contributed by atoms with van der Waals surface area (Å²) in [5.41, 5.74) is 0.365. The average Bonchev–Trinajstić information content (AvgIpc) is 2.71. The summed E-state index contributed by atoms with van der Waals surface area (Å²) < 4.78 is 3.63. The van der Waals surface area contributed by atoms with Gasteiger partial charge in [-0.15, -0.1) is 0 Å². The van der Waals surface area contributed by atoms with Gasteiger partial charge in [0.1, 0.15) is 0 Å². The van der Waals surface area contributed by atoms with Crippen molar-refractivity contribution in [2.75, 3.05) is 5.75 Å². The Hall–Kier alpha value is -0.640. The van der Waals surface area contributed by atoms with Gasteiger partial charge in [0.2, 0.25) is 0 Å². The first-order chi connectivity index (χ1) is 8.21. The lowest BCUT2D eigenvalue weighted by Gasteiger charge is -2.36. The van der Waals surface area contributed by atoms with Crippen molar-refractivity contribution in [3.63, 3.8) is 0 Å². The molecule has 0 atom stereocenters. The Morgan fingerprint density at radius 2 is 1.88 bits per heavy atom. The largest absolute Gasteiger partial charge is 0.328 e. The molecule has 0 aromatic carbocycles. The van der Waals surface area contributed by atoms with Crippen molar-refractivity contribution in [2.45, 2.75) is 52.1 Å². The molecule has 0 spiro atoms. The van der Waals surface area contributed by atoms with Crippen molar-refractivity contribution in [2.24, 2.45) is 5.41 Å². The third-order valence-electron chi connectivity index (χ3n) is 4.01. The predicted octanol–water partition coefficient (Wildman–Crippen LogP) is 2.55. The minimum Gasteiger partial charge on any atom is -0.300 e. The molecule has 0 amide bonds. The van der Waals surface area contributed by atoms with Crippen molar-refractivity contribution in [1.29, 1.82) is 0 Å². The summed E-state index contributed by atoms with van der Waals surface area (Å²) in [5.74, 6) is 0.886. The molecule has 1 aliphatic carbocycles. The lowest BCUT2D eigenvalue weighted by molar-refractivity contribution is 0.187. The molecule has 0 saturated heterocycles. The van der Waals surface area contributed by atoms with E-state index in [0.717, 1.165) is 18.8 Å². The number of thiol groups is 1. The van der Waals surface area contributed by atoms with Crippen LogP contribution in [0.25, 0.3) is 0 Å². The van der Waals surface area contributed by atoms with E-state index >= 15 is 0 Å². The quantitative estimate of drug-likeness (QED) is 0.821. The van der Waals surface area contributed by atoms with Gasteiger partial charge in [-0.05, 0) is 30.9 Å². The highest BCUT2D eigenvalue weighted by Gasteiger charge is 2.31. The number of aryl methyl sites for hydroxylation is 1. The molecule has 0 aliphatic heterocycles. The molecule has 17 heavy (non-hydrogen) atoms. The predicted molar refractivity (Wildman–Crippen MR) is 73.7 cm³/mol. The number of aromatic nitrogens is 2. The Morgan fingerprint density at radius 1 is 1.24 bits per heavy atom. The van der Waals surface area contributed by atoms with E-state index in [0.29, 0.717) is 0 Å². The van der Waals surface area contributed by atoms with Crippen molar-refractivity contribution >= 4 is 12.6 Å². The van der Waals surface area contributed by atoms with Crippen LogP contribution in [0.1, 0.15) is 39.0 Å². The first kappa shape index (κ1) is 12.8. The second-order valence-corrected chi connectivity index (χ2v) is 5.53. The maximum Gasteiger partial charge on any atom is 0.328 e. The van der Waals surface area contributed by atoms with E-state index in [1.54, 1.807) is 4.57 Å². The normalized spacial score (nSPS) is 19.4. The van der Waals surface area contributed by atoms with Crippen LogP contribution in [0.2, 0.25) is 0 Å². The van der Waals surface area contributed by atoms with Crippen LogP contribution in [-0.2, 0) is 13.1 Å². The lowest BCUT2D eigenvalue weighted by atomic mass is 9.75. The van der Waals surface area contributed by atoms with E-state index in [-0.39, 0.29) is 11.1 Å². The van der Waals surface area contributed by atoms with Gasteiger partial charge < -0.3 is 0 Å². The fourth-order valence-electron chi connectivity index (χ4n) is 2.84. The fourth-order valence-corrected chi connectivity index (χ4v) is 3.26. The summed E-state index contributed by atoms with van der Waals surface area (Å²) in [7, 11) is 0. The van der Waals surface area contributed by atoms with Crippen molar-refractivity contribution in [3.05, 3.63) is 22.9 Å². The molecule has 1 saturated carbocycles. The van der Waals surface area contributed by atoms with Crippen LogP contribution in [0.5, 0.6) is 0 Å². The maximum absolute atomic E-state index is 12.0. The van der Waals surface area contributed by atoms with Gasteiger partial charge in [-0.25, -0.2) is 4.79 Å². The van der Waals surface area contributed by atoms with Crippen LogP contribution in [0.4, 0.5) is 0 Å². The van der Waals surface area contributed by atoms with Gasteiger partial charge in [0.25, 0.3) is 0 Å². The van der Waals surface area contributed by atoms with Gasteiger partial charge in [0.15, 0.2) is 0 Å². The van der Waals surface area contributed by atoms with Gasteiger partial charge >= 0.3 is 5.69 Å². The van der Waals surface area contributed by atoms with Crippen LogP contribution in [0.15, 0.2) is 17.2 Å². The summed E-state index contributed by atoms with van der Waals surface area (Å²) in [5, 5.41) is 0. The van der Waals surface area contributed by atoms with Crippen LogP contribution in [-0.4, -0.2) is 14.9 Å². The minimum absolute atomic E-state index is 0.124. The second-order valence-electron chi connectivity index (χ2n) is 5.21. The third-order valence-corrected chi connectivity index (χ3v) is 4.68. The van der Waals surface area contributed by atoms with Gasteiger partial charge in [0.05, 0.1) is 0 Å². The molecule has 1 heterocycles. The highest BCUT2D eigenvalue weighted by atomic mass is 32.1. The highest BCUT2D eigenvalue weighted by Crippen LogP contribution is 2.38. The third kappa shape index (κ3) is 2.62. The molecule has 4 heteroatoms. The minimum atomic E-state index is 0.124. The molecule has 1 aromatic rings. The molecular weight excluding hydrogens is 232 g/mol. The Labute approximate surface area is 108 Å². The average molecular weight is 254 g/mol. The molecule has 3 nitrogen and oxygen atoms in total. The van der Waals surface area contributed by atoms with E-state index in [1.807, 2.05) is 23.9 Å². The standard InChI is InChI=1S/C13H22N2OS/c1-2-14-8-9-15(12(14)16)10-13(11-17)6-4-3-5-7-13/h8-9,17H,2-7,10-11H2,1H3. The summed E-state index contributed by atoms with van der Waals surface area (Å²) in [6.45, 7) is 3.59. The lowest BCUT2D eigenvalue weighted by Crippen LogP contribution is -2.35. The van der Waals surface area contributed by atoms with Crippen LogP contribution < -0.4 is 5.69 Å². The number of hydrogen-bond acceptors (Lipinski definition) is 2. The Morgan fingerprint density at radius 3 is 2.41 bits per heavy atom. The molecule has 1 aromatic heterocycles. The molecule has 96 valence electrons. The topological polar surface area (TPSA) is 26.9 Å². The van der Waals surface area contributed by atoms with E-state index in [9.17, 15) is 4.79 Å². The molecular formula is C13H22N2OS. The number of imidazole rings is 1. The Balaban J connectivity index is 2.17. The monoisotopic (exact) mass is 254 g/mol. The van der Waals surface area contributed by atoms with E-state index in [1.165, 1.54) is 32.1 Å². The first-order valence-electron chi connectivity index (χ1n) is 6.57. The van der Waals surface area contributed by atoms with Gasteiger partial charge in [-0.3, -0.25) is 9.13 Å². The van der Waals surface area contributed by atoms with E-state index in [4.69, 9.17) is 0 Å². The zero-order valence-electron chi connectivity index (χ0n) is 10.6. The Bertz CT molecular complexity index is 415. The number of rotatable bonds is 4. The smallest absolute Gasteiger partial charge is 0.300 e. The van der Waals surface area contributed by atoms with Gasteiger partial charge in [0, 0.05) is 25.5 Å². The highest BCUT2D eigenvalue weighted by molar-refractivity contribution is 7.80. The molecule has 0 bridgehead atoms. The maximum atomic E-state index is 12.0. The molecule has 1 fully saturated rings. The van der Waals surface area contributed by atoms with Crippen molar-refractivity contribution in [3.8, 4) is 0 Å². The van der Waals surface area contributed by atoms with E-state index in [2.05, 4.69) is 12.6 Å². The molecule has 2 rings (SSSR count). The van der Waals surface area contributed by atoms with Crippen molar-refractivity contribution in [1.82, 2.24) is 9.13 Å². The zero-order chi connectivity index (χ0) is 12.3. The fraction of sp³-hybridized carbons (Fsp3) is 0.769. The van der Waals surface area contributed by atoms with Crippen LogP contribution >= 0.6 is 12.6 Å². The van der Waals surface area contributed by atoms with Gasteiger partial charge in [-0.1, -0.05) is 19.3 Å². The molecule has 1 aliphatic rings. The Kier molecular flexibility index (Phi) is 4.02. The second kappa shape index (κ2) is 5.34. The summed E-state index contributed by atoms with van der Waals surface area (Å²) in [6, 6.07) is 0. The van der Waals surface area contributed by atoms with E-state index < -0.39 is 0 Å². The summed E-state index contributed by atoms with van der Waals surface area (Å²) >= 11 is 4.52. The SMILES string of the molecule is CCn1ccn(CC2(CS)CCCCC2)c1=O. The molecule has 0 unspecified atom stereocenters. The number of hydrogen-bond donors (Lipinski definition) is 1. The molecule has 0 N–H and O–H groups in total. The molecule has 0 radical (unpaired) electrons. The first-order valence-corrected chi connectivity index (χ1v) is 7.20. The van der Waals surface area contributed by atoms with Crippen LogP contribution in [0, 0.1) is 5.41 Å². The van der Waals surface area contributed by atoms with Gasteiger partial charge in [-0.2, -0.15) is 12.6 Å². The summed E-state index contributed by atoms with van der Waals surface area (Å²) in [4.78, 5) is 12.0. The number of nitrogens with zero attached hydrogens (tertiary/aromatic N) is 2. The zero-order valence-corrected chi connectivity index (χ0v) is 11.5. The van der Waals surface area contributed by atoms with Crippen molar-refractivity contribution < 1.29 is 0 Å².